The number of amides is 1. The van der Waals surface area contributed by atoms with Gasteiger partial charge in [0.25, 0.3) is 5.91 Å². The minimum Gasteiger partial charge on any atom is -0.399 e. The van der Waals surface area contributed by atoms with Gasteiger partial charge in [0, 0.05) is 23.4 Å². The van der Waals surface area contributed by atoms with Gasteiger partial charge in [0.15, 0.2) is 27.3 Å². The van der Waals surface area contributed by atoms with E-state index in [1.165, 1.54) is 25.5 Å². The second-order valence-electron chi connectivity index (χ2n) is 8.89. The molecule has 0 heterocycles. The lowest BCUT2D eigenvalue weighted by atomic mass is 9.78. The van der Waals surface area contributed by atoms with Gasteiger partial charge < -0.3 is 15.3 Å². The molecule has 35 heavy (non-hydrogen) atoms. The summed E-state index contributed by atoms with van der Waals surface area (Å²) in [5.41, 5.74) is -1.74. The Morgan fingerprint density at radius 1 is 1.17 bits per heavy atom. The Balaban J connectivity index is 1.61. The first kappa shape index (κ1) is 25.5. The van der Waals surface area contributed by atoms with Crippen molar-refractivity contribution in [1.82, 2.24) is 0 Å². The van der Waals surface area contributed by atoms with Crippen LogP contribution >= 0.6 is 11.6 Å². The number of carbonyl (C=O) groups is 1. The molecule has 4 atom stereocenters. The van der Waals surface area contributed by atoms with Gasteiger partial charge in [-0.25, -0.2) is 21.6 Å². The predicted octanol–water partition coefficient (Wildman–Crippen LogP) is 4.34. The van der Waals surface area contributed by atoms with Gasteiger partial charge in [-0.15, -0.1) is 0 Å². The first-order valence-corrected chi connectivity index (χ1v) is 12.7. The van der Waals surface area contributed by atoms with Crippen molar-refractivity contribution in [1.29, 1.82) is 0 Å². The fourth-order valence-electron chi connectivity index (χ4n) is 5.17. The van der Waals surface area contributed by atoms with Gasteiger partial charge in [-0.2, -0.15) is 0 Å². The van der Waals surface area contributed by atoms with E-state index in [0.717, 1.165) is 6.07 Å². The molecule has 7 nitrogen and oxygen atoms in total. The molecule has 0 saturated heterocycles. The highest BCUT2D eigenvalue weighted by atomic mass is 35.5. The first-order chi connectivity index (χ1) is 16.4. The van der Waals surface area contributed by atoms with Crippen molar-refractivity contribution in [3.05, 3.63) is 58.4 Å². The van der Waals surface area contributed by atoms with Crippen LogP contribution in [0, 0.1) is 29.3 Å². The average Bonchev–Trinajstić information content (AvgIpc) is 3.09. The smallest absolute Gasteiger partial charge is 0.255 e. The van der Waals surface area contributed by atoms with Crippen LogP contribution in [0.15, 0.2) is 40.4 Å². The Kier molecular flexibility index (Phi) is 6.87. The van der Waals surface area contributed by atoms with E-state index in [1.54, 1.807) is 0 Å². The summed E-state index contributed by atoms with van der Waals surface area (Å²) in [6.07, 6.45) is 2.84. The summed E-state index contributed by atoms with van der Waals surface area (Å²) in [4.78, 5) is 17.1. The fraction of sp³-hybridized carbons (Fsp3) is 0.391. The van der Waals surface area contributed by atoms with Crippen LogP contribution in [0.2, 0.25) is 5.02 Å². The van der Waals surface area contributed by atoms with E-state index in [0.29, 0.717) is 25.0 Å². The zero-order valence-electron chi connectivity index (χ0n) is 18.5. The number of halogens is 4. The molecule has 4 rings (SSSR count). The van der Waals surface area contributed by atoms with E-state index in [2.05, 4.69) is 15.3 Å². The molecule has 2 unspecified atom stereocenters. The SMILES string of the molecule is CO/N=C/[C@]1(O)CC2CC[C@@H](C1)C2S(=O)(=O)c1cc(C(=O)Nc2cc(F)c(F)c(F)c2)ccc1Cl. The molecule has 0 spiro atoms. The van der Waals surface area contributed by atoms with Crippen LogP contribution in [0.3, 0.4) is 0 Å². The van der Waals surface area contributed by atoms with Crippen LogP contribution < -0.4 is 5.32 Å². The second kappa shape index (κ2) is 9.44. The normalized spacial score (nSPS) is 26.2. The number of hydrogen-bond acceptors (Lipinski definition) is 6. The molecule has 2 aromatic rings. The largest absolute Gasteiger partial charge is 0.399 e. The van der Waals surface area contributed by atoms with Crippen LogP contribution in [0.5, 0.6) is 0 Å². The van der Waals surface area contributed by atoms with Crippen molar-refractivity contribution in [3.63, 3.8) is 0 Å². The highest BCUT2D eigenvalue weighted by Gasteiger charge is 2.54. The standard InChI is InChI=1S/C23H22ClF3N2O5S/c1-34-28-11-23(31)9-13-2-3-14(10-23)21(13)35(32,33)19-6-12(4-5-16(19)24)22(30)29-15-7-17(25)20(27)18(26)8-15/h4-8,11,13-14,21,31H,2-3,9-10H2,1H3,(H,29,30)/b28-11+/t13-,14?,21?,23+/m0/s1. The van der Waals surface area contributed by atoms with Crippen LogP contribution in [0.4, 0.5) is 18.9 Å². The van der Waals surface area contributed by atoms with Gasteiger partial charge in [-0.3, -0.25) is 4.79 Å². The minimum absolute atomic E-state index is 0.0819. The number of benzene rings is 2. The van der Waals surface area contributed by atoms with Crippen molar-refractivity contribution >= 4 is 39.2 Å². The third-order valence-electron chi connectivity index (χ3n) is 6.57. The second-order valence-corrected chi connectivity index (χ2v) is 11.4. The van der Waals surface area contributed by atoms with Gasteiger partial charge >= 0.3 is 0 Å². The van der Waals surface area contributed by atoms with Gasteiger partial charge in [-0.1, -0.05) is 16.8 Å². The summed E-state index contributed by atoms with van der Waals surface area (Å²) in [6.45, 7) is 0. The molecular weight excluding hydrogens is 509 g/mol. The lowest BCUT2D eigenvalue weighted by Gasteiger charge is -2.38. The van der Waals surface area contributed by atoms with Crippen molar-refractivity contribution in [2.75, 3.05) is 12.4 Å². The van der Waals surface area contributed by atoms with Crippen molar-refractivity contribution < 1.29 is 36.3 Å². The molecule has 2 aromatic carbocycles. The third-order valence-corrected chi connectivity index (χ3v) is 9.45. The lowest BCUT2D eigenvalue weighted by molar-refractivity contribution is 0.0441. The summed E-state index contributed by atoms with van der Waals surface area (Å²) < 4.78 is 67.5. The number of hydrogen-bond donors (Lipinski definition) is 2. The monoisotopic (exact) mass is 530 g/mol. The van der Waals surface area contributed by atoms with Crippen LogP contribution in [-0.2, 0) is 14.7 Å². The molecule has 2 aliphatic carbocycles. The summed E-state index contributed by atoms with van der Waals surface area (Å²) in [5, 5.41) is 15.8. The highest BCUT2D eigenvalue weighted by molar-refractivity contribution is 7.92. The molecule has 0 aliphatic heterocycles. The maximum atomic E-state index is 13.7. The first-order valence-electron chi connectivity index (χ1n) is 10.7. The van der Waals surface area contributed by atoms with Gasteiger partial charge in [0.05, 0.1) is 21.4 Å². The maximum absolute atomic E-state index is 13.7. The van der Waals surface area contributed by atoms with E-state index in [1.807, 2.05) is 0 Å². The maximum Gasteiger partial charge on any atom is 0.255 e. The number of fused-ring (bicyclic) bond motifs is 2. The van der Waals surface area contributed by atoms with Crippen molar-refractivity contribution in [3.8, 4) is 0 Å². The lowest BCUT2D eigenvalue weighted by Crippen LogP contribution is -2.47. The number of oxime groups is 1. The predicted molar refractivity (Wildman–Crippen MR) is 123 cm³/mol. The van der Waals surface area contributed by atoms with Crippen molar-refractivity contribution in [2.45, 2.75) is 41.4 Å². The molecule has 2 bridgehead atoms. The fourth-order valence-corrected chi connectivity index (χ4v) is 8.02. The molecule has 1 amide bonds. The van der Waals surface area contributed by atoms with Gasteiger partial charge in [0.1, 0.15) is 12.7 Å². The molecule has 2 fully saturated rings. The van der Waals surface area contributed by atoms with Gasteiger partial charge in [-0.05, 0) is 55.7 Å². The Morgan fingerprint density at radius 2 is 1.77 bits per heavy atom. The summed E-state index contributed by atoms with van der Waals surface area (Å²) in [5.74, 6) is -6.21. The zero-order chi connectivity index (χ0) is 25.5. The number of aliphatic hydroxyl groups is 1. The molecule has 2 saturated carbocycles. The molecule has 12 heteroatoms. The quantitative estimate of drug-likeness (QED) is 0.328. The Bertz CT molecular complexity index is 1270. The average molecular weight is 531 g/mol. The number of nitrogens with zero attached hydrogens (tertiary/aromatic N) is 1. The molecule has 0 aromatic heterocycles. The van der Waals surface area contributed by atoms with E-state index in [9.17, 15) is 31.5 Å². The van der Waals surface area contributed by atoms with E-state index in [4.69, 9.17) is 11.6 Å². The number of carbonyl (C=O) groups excluding carboxylic acids is 1. The van der Waals surface area contributed by atoms with Crippen LogP contribution in [0.1, 0.15) is 36.0 Å². The van der Waals surface area contributed by atoms with E-state index >= 15 is 0 Å². The van der Waals surface area contributed by atoms with Crippen LogP contribution in [-0.4, -0.2) is 43.6 Å². The summed E-state index contributed by atoms with van der Waals surface area (Å²) in [6, 6.07) is 4.84. The van der Waals surface area contributed by atoms with E-state index in [-0.39, 0.29) is 45.8 Å². The summed E-state index contributed by atoms with van der Waals surface area (Å²) in [7, 11) is -2.67. The minimum atomic E-state index is -4.02. The number of anilines is 1. The van der Waals surface area contributed by atoms with Crippen molar-refractivity contribution in [2.24, 2.45) is 17.0 Å². The van der Waals surface area contributed by atoms with Gasteiger partial charge in [0.2, 0.25) is 0 Å². The number of rotatable bonds is 6. The van der Waals surface area contributed by atoms with Crippen LogP contribution in [0.25, 0.3) is 0 Å². The number of sulfone groups is 1. The molecule has 2 aliphatic rings. The molecular formula is C23H22ClF3N2O5S. The molecule has 188 valence electrons. The molecule has 0 radical (unpaired) electrons. The topological polar surface area (TPSA) is 105 Å². The third kappa shape index (κ3) is 4.89. The Labute approximate surface area is 204 Å². The Morgan fingerprint density at radius 3 is 2.34 bits per heavy atom. The molecule has 2 N–H and O–H groups in total. The summed E-state index contributed by atoms with van der Waals surface area (Å²) >= 11 is 6.23. The highest BCUT2D eigenvalue weighted by Crippen LogP contribution is 2.51. The Hall–Kier alpha value is -2.63. The number of nitrogens with one attached hydrogen (secondary N) is 1. The van der Waals surface area contributed by atoms with E-state index < -0.39 is 44.0 Å². The zero-order valence-corrected chi connectivity index (χ0v) is 20.0.